The third-order valence-electron chi connectivity index (χ3n) is 1.83. The number of aromatic nitrogens is 1. The van der Waals surface area contributed by atoms with Gasteiger partial charge in [0.1, 0.15) is 0 Å². The molecule has 0 radical (unpaired) electrons. The summed E-state index contributed by atoms with van der Waals surface area (Å²) >= 11 is 0. The minimum atomic E-state index is 0.692. The second kappa shape index (κ2) is 4.55. The summed E-state index contributed by atoms with van der Waals surface area (Å²) in [6, 6.07) is 5.78. The molecule has 13 heavy (non-hydrogen) atoms. The predicted octanol–water partition coefficient (Wildman–Crippen LogP) is 2.91. The molecule has 0 fully saturated rings. The third-order valence-corrected chi connectivity index (χ3v) is 1.83. The van der Waals surface area contributed by atoms with Gasteiger partial charge >= 0.3 is 0 Å². The molecule has 2 heteroatoms. The molecular weight excluding hydrogens is 160 g/mol. The number of nitrogens with one attached hydrogen (secondary N) is 1. The van der Waals surface area contributed by atoms with E-state index in [4.69, 9.17) is 5.41 Å². The first-order chi connectivity index (χ1) is 6.20. The fourth-order valence-corrected chi connectivity index (χ4v) is 1.04. The normalized spacial score (nSPS) is 9.62. The predicted molar refractivity (Wildman–Crippen MR) is 55.9 cm³/mol. The Kier molecular flexibility index (Phi) is 3.38. The van der Waals surface area contributed by atoms with Crippen LogP contribution in [-0.4, -0.2) is 10.7 Å². The highest BCUT2D eigenvalue weighted by Gasteiger charge is 1.99. The van der Waals surface area contributed by atoms with E-state index < -0.39 is 0 Å². The van der Waals surface area contributed by atoms with Gasteiger partial charge in [-0.15, -0.1) is 0 Å². The Bertz CT molecular complexity index is 301. The van der Waals surface area contributed by atoms with Crippen LogP contribution < -0.4 is 0 Å². The lowest BCUT2D eigenvalue weighted by atomic mass is 10.1. The highest BCUT2D eigenvalue weighted by molar-refractivity contribution is 5.80. The van der Waals surface area contributed by atoms with E-state index in [0.29, 0.717) is 5.71 Å². The van der Waals surface area contributed by atoms with Gasteiger partial charge in [0.05, 0.1) is 5.69 Å². The van der Waals surface area contributed by atoms with Crippen LogP contribution in [0.1, 0.15) is 25.5 Å². The third kappa shape index (κ3) is 3.20. The molecule has 1 aromatic rings. The maximum absolute atomic E-state index is 7.29. The summed E-state index contributed by atoms with van der Waals surface area (Å²) in [5.41, 5.74) is 2.63. The molecule has 2 nitrogen and oxygen atoms in total. The Balaban J connectivity index is 2.54. The van der Waals surface area contributed by atoms with Gasteiger partial charge in [-0.05, 0) is 37.5 Å². The summed E-state index contributed by atoms with van der Waals surface area (Å²) in [5, 5.41) is 7.29. The van der Waals surface area contributed by atoms with Crippen molar-refractivity contribution in [2.24, 2.45) is 0 Å². The average molecular weight is 174 g/mol. The molecule has 0 amide bonds. The van der Waals surface area contributed by atoms with Gasteiger partial charge in [-0.3, -0.25) is 4.98 Å². The maximum Gasteiger partial charge on any atom is 0.0655 e. The van der Waals surface area contributed by atoms with Gasteiger partial charge < -0.3 is 5.41 Å². The van der Waals surface area contributed by atoms with Crippen LogP contribution in [0.15, 0.2) is 31.0 Å². The largest absolute Gasteiger partial charge is 0.310 e. The summed E-state index contributed by atoms with van der Waals surface area (Å²) in [4.78, 5) is 4.19. The van der Waals surface area contributed by atoms with E-state index in [0.717, 1.165) is 24.1 Å². The van der Waals surface area contributed by atoms with Crippen molar-refractivity contribution < 1.29 is 0 Å². The number of rotatable bonds is 4. The Morgan fingerprint density at radius 2 is 2.23 bits per heavy atom. The van der Waals surface area contributed by atoms with Crippen molar-refractivity contribution in [3.8, 4) is 0 Å². The van der Waals surface area contributed by atoms with Crippen molar-refractivity contribution in [3.63, 3.8) is 0 Å². The molecular formula is C11H14N2. The van der Waals surface area contributed by atoms with E-state index in [1.54, 1.807) is 6.20 Å². The Hall–Kier alpha value is -1.44. The van der Waals surface area contributed by atoms with Gasteiger partial charge in [0.2, 0.25) is 0 Å². The molecule has 0 saturated carbocycles. The molecule has 0 atom stereocenters. The molecule has 1 heterocycles. The van der Waals surface area contributed by atoms with E-state index in [1.165, 1.54) is 0 Å². The quantitative estimate of drug-likeness (QED) is 0.700. The highest BCUT2D eigenvalue weighted by atomic mass is 14.7. The Morgan fingerprint density at radius 1 is 1.46 bits per heavy atom. The molecule has 68 valence electrons. The Labute approximate surface area is 78.8 Å². The number of hydrogen-bond acceptors (Lipinski definition) is 2. The van der Waals surface area contributed by atoms with Crippen LogP contribution in [0.3, 0.4) is 0 Å². The molecule has 1 rings (SSSR count). The first kappa shape index (κ1) is 9.65. The van der Waals surface area contributed by atoms with Gasteiger partial charge in [-0.1, -0.05) is 12.6 Å². The Morgan fingerprint density at radius 3 is 2.77 bits per heavy atom. The number of pyridine rings is 1. The molecule has 0 bridgehead atoms. The molecule has 0 aliphatic carbocycles. The number of hydrogen-bond donors (Lipinski definition) is 1. The van der Waals surface area contributed by atoms with Gasteiger partial charge in [-0.2, -0.15) is 0 Å². The number of nitrogens with zero attached hydrogens (tertiary/aromatic N) is 1. The SMILES string of the molecule is C=C(CCC(C)=N)c1ccccn1. The molecule has 0 unspecified atom stereocenters. The zero-order valence-corrected chi connectivity index (χ0v) is 7.88. The van der Waals surface area contributed by atoms with Crippen LogP contribution in [-0.2, 0) is 0 Å². The van der Waals surface area contributed by atoms with Crippen LogP contribution in [0.4, 0.5) is 0 Å². The van der Waals surface area contributed by atoms with E-state index in [9.17, 15) is 0 Å². The first-order valence-corrected chi connectivity index (χ1v) is 4.33. The van der Waals surface area contributed by atoms with Crippen LogP contribution in [0.5, 0.6) is 0 Å². The zero-order chi connectivity index (χ0) is 9.68. The maximum atomic E-state index is 7.29. The van der Waals surface area contributed by atoms with Crippen molar-refractivity contribution in [3.05, 3.63) is 36.7 Å². The zero-order valence-electron chi connectivity index (χ0n) is 7.88. The van der Waals surface area contributed by atoms with Gasteiger partial charge in [0.25, 0.3) is 0 Å². The number of allylic oxidation sites excluding steroid dienone is 1. The standard InChI is InChI=1S/C11H14N2/c1-9(6-7-10(2)12)11-5-3-4-8-13-11/h3-5,8,12H,1,6-7H2,2H3. The first-order valence-electron chi connectivity index (χ1n) is 4.33. The van der Waals surface area contributed by atoms with Gasteiger partial charge in [0.15, 0.2) is 0 Å². The minimum Gasteiger partial charge on any atom is -0.310 e. The van der Waals surface area contributed by atoms with Crippen LogP contribution >= 0.6 is 0 Å². The summed E-state index contributed by atoms with van der Waals surface area (Å²) in [6.45, 7) is 5.75. The van der Waals surface area contributed by atoms with Crippen LogP contribution in [0, 0.1) is 5.41 Å². The van der Waals surface area contributed by atoms with E-state index in [1.807, 2.05) is 25.1 Å². The summed E-state index contributed by atoms with van der Waals surface area (Å²) in [7, 11) is 0. The van der Waals surface area contributed by atoms with Gasteiger partial charge in [-0.25, -0.2) is 0 Å². The second-order valence-electron chi connectivity index (χ2n) is 3.10. The molecule has 0 aliphatic rings. The van der Waals surface area contributed by atoms with Crippen molar-refractivity contribution >= 4 is 11.3 Å². The lowest BCUT2D eigenvalue weighted by Crippen LogP contribution is -1.92. The topological polar surface area (TPSA) is 36.7 Å². The van der Waals surface area contributed by atoms with E-state index in [2.05, 4.69) is 11.6 Å². The fourth-order valence-electron chi connectivity index (χ4n) is 1.04. The lowest BCUT2D eigenvalue weighted by Gasteiger charge is -2.03. The van der Waals surface area contributed by atoms with Crippen molar-refractivity contribution in [2.45, 2.75) is 19.8 Å². The summed E-state index contributed by atoms with van der Waals surface area (Å²) < 4.78 is 0. The molecule has 1 aromatic heterocycles. The highest BCUT2D eigenvalue weighted by Crippen LogP contribution is 2.14. The fraction of sp³-hybridized carbons (Fsp3) is 0.273. The lowest BCUT2D eigenvalue weighted by molar-refractivity contribution is 1.08. The molecule has 0 aliphatic heterocycles. The van der Waals surface area contributed by atoms with E-state index >= 15 is 0 Å². The minimum absolute atomic E-state index is 0.692. The van der Waals surface area contributed by atoms with Crippen molar-refractivity contribution in [1.29, 1.82) is 5.41 Å². The smallest absolute Gasteiger partial charge is 0.0655 e. The monoisotopic (exact) mass is 174 g/mol. The molecule has 1 N–H and O–H groups in total. The van der Waals surface area contributed by atoms with Crippen molar-refractivity contribution in [1.82, 2.24) is 4.98 Å². The van der Waals surface area contributed by atoms with E-state index in [-0.39, 0.29) is 0 Å². The van der Waals surface area contributed by atoms with Crippen molar-refractivity contribution in [2.75, 3.05) is 0 Å². The van der Waals surface area contributed by atoms with Crippen LogP contribution in [0.25, 0.3) is 5.57 Å². The second-order valence-corrected chi connectivity index (χ2v) is 3.10. The summed E-state index contributed by atoms with van der Waals surface area (Å²) in [6.07, 6.45) is 3.36. The average Bonchev–Trinajstić information content (AvgIpc) is 2.15. The van der Waals surface area contributed by atoms with Gasteiger partial charge in [0, 0.05) is 11.9 Å². The molecule has 0 aromatic carbocycles. The molecule has 0 saturated heterocycles. The summed E-state index contributed by atoms with van der Waals surface area (Å²) in [5.74, 6) is 0. The molecule has 0 spiro atoms. The van der Waals surface area contributed by atoms with Crippen LogP contribution in [0.2, 0.25) is 0 Å².